The molecule has 1 unspecified atom stereocenters. The standard InChI is InChI=1S/C22H30OSi/c1-7-18(2)19(3)23-24(22(4,5)6,20-14-10-8-11-15-20)21-16-12-9-13-17-21/h7-17,19H,1-6H3/b18-7+. The van der Waals surface area contributed by atoms with Gasteiger partial charge in [-0.1, -0.05) is 93.1 Å². The van der Waals surface area contributed by atoms with Gasteiger partial charge in [0.05, 0.1) is 6.10 Å². The maximum Gasteiger partial charge on any atom is 0.261 e. The Morgan fingerprint density at radius 3 is 1.67 bits per heavy atom. The highest BCUT2D eigenvalue weighted by Crippen LogP contribution is 2.38. The van der Waals surface area contributed by atoms with Crippen molar-refractivity contribution in [1.29, 1.82) is 0 Å². The van der Waals surface area contributed by atoms with Crippen molar-refractivity contribution in [1.82, 2.24) is 0 Å². The number of benzene rings is 2. The third kappa shape index (κ3) is 3.55. The van der Waals surface area contributed by atoms with Crippen LogP contribution in [-0.4, -0.2) is 14.4 Å². The minimum absolute atomic E-state index is 0.0258. The molecule has 0 aliphatic heterocycles. The quantitative estimate of drug-likeness (QED) is 0.555. The molecule has 0 aliphatic carbocycles. The van der Waals surface area contributed by atoms with E-state index >= 15 is 0 Å². The molecule has 0 aliphatic rings. The molecule has 1 nitrogen and oxygen atoms in total. The Hall–Kier alpha value is -1.64. The van der Waals surface area contributed by atoms with E-state index in [4.69, 9.17) is 4.43 Å². The summed E-state index contributed by atoms with van der Waals surface area (Å²) >= 11 is 0. The Bertz CT molecular complexity index is 629. The Morgan fingerprint density at radius 2 is 1.33 bits per heavy atom. The van der Waals surface area contributed by atoms with E-state index < -0.39 is 8.32 Å². The smallest absolute Gasteiger partial charge is 0.261 e. The summed E-state index contributed by atoms with van der Waals surface area (Å²) in [5, 5.41) is 2.69. The van der Waals surface area contributed by atoms with Crippen LogP contribution in [-0.2, 0) is 4.43 Å². The van der Waals surface area contributed by atoms with Crippen molar-refractivity contribution in [2.24, 2.45) is 0 Å². The molecule has 0 radical (unpaired) electrons. The van der Waals surface area contributed by atoms with Crippen molar-refractivity contribution in [2.45, 2.75) is 52.7 Å². The van der Waals surface area contributed by atoms with Crippen LogP contribution in [0.25, 0.3) is 0 Å². The van der Waals surface area contributed by atoms with E-state index in [1.54, 1.807) is 0 Å². The second kappa shape index (κ2) is 7.50. The molecule has 2 heteroatoms. The number of rotatable bonds is 5. The number of hydrogen-bond donors (Lipinski definition) is 0. The summed E-state index contributed by atoms with van der Waals surface area (Å²) in [6, 6.07) is 21.6. The first kappa shape index (κ1) is 18.7. The molecule has 0 amide bonds. The Morgan fingerprint density at radius 1 is 0.917 bits per heavy atom. The topological polar surface area (TPSA) is 9.23 Å². The third-order valence-corrected chi connectivity index (χ3v) is 9.98. The van der Waals surface area contributed by atoms with E-state index in [1.165, 1.54) is 15.9 Å². The van der Waals surface area contributed by atoms with Gasteiger partial charge in [-0.05, 0) is 36.2 Å². The summed E-state index contributed by atoms with van der Waals surface area (Å²) in [4.78, 5) is 0. The normalized spacial score (nSPS) is 14.5. The molecule has 2 aromatic carbocycles. The van der Waals surface area contributed by atoms with Gasteiger partial charge in [-0.3, -0.25) is 0 Å². The summed E-state index contributed by atoms with van der Waals surface area (Å²) < 4.78 is 7.00. The van der Waals surface area contributed by atoms with Crippen LogP contribution in [0.15, 0.2) is 72.3 Å². The highest BCUT2D eigenvalue weighted by atomic mass is 28.4. The van der Waals surface area contributed by atoms with Crippen LogP contribution >= 0.6 is 0 Å². The Kier molecular flexibility index (Phi) is 5.84. The predicted molar refractivity (Wildman–Crippen MR) is 108 cm³/mol. The van der Waals surface area contributed by atoms with Crippen LogP contribution in [0, 0.1) is 0 Å². The molecule has 0 N–H and O–H groups in total. The van der Waals surface area contributed by atoms with Gasteiger partial charge >= 0.3 is 0 Å². The van der Waals surface area contributed by atoms with Gasteiger partial charge < -0.3 is 4.43 Å². The maximum atomic E-state index is 7.00. The van der Waals surface area contributed by atoms with E-state index in [-0.39, 0.29) is 11.1 Å². The minimum Gasteiger partial charge on any atom is -0.401 e. The summed E-state index contributed by atoms with van der Waals surface area (Å²) in [6.07, 6.45) is 2.25. The van der Waals surface area contributed by atoms with Gasteiger partial charge in [0.15, 0.2) is 0 Å². The van der Waals surface area contributed by atoms with Crippen LogP contribution in [0.4, 0.5) is 0 Å². The lowest BCUT2D eigenvalue weighted by Crippen LogP contribution is -2.67. The first-order chi connectivity index (χ1) is 11.3. The molecular weight excluding hydrogens is 308 g/mol. The first-order valence-electron chi connectivity index (χ1n) is 8.74. The second-order valence-electron chi connectivity index (χ2n) is 7.46. The lowest BCUT2D eigenvalue weighted by molar-refractivity contribution is 0.240. The molecule has 0 aromatic heterocycles. The summed E-state index contributed by atoms with van der Waals surface area (Å²) in [7, 11) is -2.43. The molecule has 24 heavy (non-hydrogen) atoms. The van der Waals surface area contributed by atoms with E-state index in [1.807, 2.05) is 0 Å². The van der Waals surface area contributed by atoms with Crippen LogP contribution in [0.3, 0.4) is 0 Å². The van der Waals surface area contributed by atoms with Gasteiger partial charge in [0.1, 0.15) is 0 Å². The first-order valence-corrected chi connectivity index (χ1v) is 10.7. The number of hydrogen-bond acceptors (Lipinski definition) is 1. The van der Waals surface area contributed by atoms with Crippen LogP contribution in [0.2, 0.25) is 5.04 Å². The zero-order valence-electron chi connectivity index (χ0n) is 15.8. The van der Waals surface area contributed by atoms with E-state index in [0.29, 0.717) is 0 Å². The van der Waals surface area contributed by atoms with Crippen molar-refractivity contribution in [3.8, 4) is 0 Å². The molecule has 2 aromatic rings. The van der Waals surface area contributed by atoms with Crippen LogP contribution in [0.5, 0.6) is 0 Å². The monoisotopic (exact) mass is 338 g/mol. The highest BCUT2D eigenvalue weighted by Gasteiger charge is 2.51. The molecule has 0 fully saturated rings. The van der Waals surface area contributed by atoms with E-state index in [2.05, 4.69) is 108 Å². The minimum atomic E-state index is -2.43. The maximum absolute atomic E-state index is 7.00. The van der Waals surface area contributed by atoms with Crippen molar-refractivity contribution >= 4 is 18.7 Å². The van der Waals surface area contributed by atoms with Gasteiger partial charge in [0, 0.05) is 0 Å². The van der Waals surface area contributed by atoms with Crippen molar-refractivity contribution < 1.29 is 4.43 Å². The van der Waals surface area contributed by atoms with Crippen LogP contribution in [0.1, 0.15) is 41.5 Å². The van der Waals surface area contributed by atoms with Crippen molar-refractivity contribution in [3.63, 3.8) is 0 Å². The zero-order valence-corrected chi connectivity index (χ0v) is 16.8. The molecule has 0 bridgehead atoms. The molecule has 0 saturated carbocycles. The average Bonchev–Trinajstić information content (AvgIpc) is 2.59. The van der Waals surface area contributed by atoms with Crippen LogP contribution < -0.4 is 10.4 Å². The molecular formula is C22H30OSi. The molecule has 0 heterocycles. The fourth-order valence-electron chi connectivity index (χ4n) is 3.28. The fraction of sp³-hybridized carbons (Fsp3) is 0.364. The van der Waals surface area contributed by atoms with Gasteiger partial charge in [0.25, 0.3) is 8.32 Å². The molecule has 0 saturated heterocycles. The number of allylic oxidation sites excluding steroid dienone is 1. The lowest BCUT2D eigenvalue weighted by Gasteiger charge is -2.44. The Balaban J connectivity index is 2.71. The summed E-state index contributed by atoms with van der Waals surface area (Å²) in [5.41, 5.74) is 1.28. The van der Waals surface area contributed by atoms with Gasteiger partial charge in [0.2, 0.25) is 0 Å². The van der Waals surface area contributed by atoms with E-state index in [0.717, 1.165) is 0 Å². The molecule has 128 valence electrons. The summed E-state index contributed by atoms with van der Waals surface area (Å²) in [5.74, 6) is 0. The predicted octanol–water partition coefficient (Wildman–Crippen LogP) is 4.92. The van der Waals surface area contributed by atoms with Gasteiger partial charge in [-0.2, -0.15) is 0 Å². The molecule has 2 rings (SSSR count). The van der Waals surface area contributed by atoms with Crippen molar-refractivity contribution in [3.05, 3.63) is 72.3 Å². The fourth-order valence-corrected chi connectivity index (χ4v) is 8.02. The van der Waals surface area contributed by atoms with Gasteiger partial charge in [-0.15, -0.1) is 0 Å². The summed E-state index contributed by atoms with van der Waals surface area (Å²) in [6.45, 7) is 13.4. The molecule has 0 spiro atoms. The third-order valence-electron chi connectivity index (χ3n) is 4.87. The highest BCUT2D eigenvalue weighted by molar-refractivity contribution is 6.99. The SMILES string of the molecule is C/C=C(\C)C(C)O[Si](c1ccccc1)(c1ccccc1)C(C)(C)C. The Labute approximate surface area is 148 Å². The lowest BCUT2D eigenvalue weighted by atomic mass is 10.2. The molecule has 1 atom stereocenters. The van der Waals surface area contributed by atoms with Gasteiger partial charge in [-0.25, -0.2) is 0 Å². The second-order valence-corrected chi connectivity index (χ2v) is 11.7. The average molecular weight is 339 g/mol. The van der Waals surface area contributed by atoms with Crippen molar-refractivity contribution in [2.75, 3.05) is 0 Å². The van der Waals surface area contributed by atoms with E-state index in [9.17, 15) is 0 Å². The zero-order chi connectivity index (χ0) is 17.8. The largest absolute Gasteiger partial charge is 0.401 e.